The molecule has 0 bridgehead atoms. The number of hydrogen-bond acceptors (Lipinski definition) is 3. The highest BCUT2D eigenvalue weighted by Gasteiger charge is 2.36. The van der Waals surface area contributed by atoms with Gasteiger partial charge in [0.2, 0.25) is 5.91 Å². The van der Waals surface area contributed by atoms with Crippen LogP contribution in [0, 0.1) is 5.92 Å². The molecule has 2 fully saturated rings. The Balaban J connectivity index is 1.32. The number of urea groups is 1. The molecule has 4 rings (SSSR count). The van der Waals surface area contributed by atoms with Crippen molar-refractivity contribution in [2.24, 2.45) is 5.92 Å². The first-order chi connectivity index (χ1) is 13.2. The Hall–Kier alpha value is -2.34. The lowest BCUT2D eigenvalue weighted by Crippen LogP contribution is -2.45. The molecular formula is C21H25N3O2S. The van der Waals surface area contributed by atoms with Gasteiger partial charge in [-0.25, -0.2) is 4.79 Å². The van der Waals surface area contributed by atoms with Crippen LogP contribution in [0.4, 0.5) is 10.5 Å². The van der Waals surface area contributed by atoms with Gasteiger partial charge < -0.3 is 15.1 Å². The van der Waals surface area contributed by atoms with Crippen LogP contribution in [0.25, 0.3) is 0 Å². The van der Waals surface area contributed by atoms with Gasteiger partial charge in [0, 0.05) is 36.1 Å². The minimum atomic E-state index is -0.0790. The summed E-state index contributed by atoms with van der Waals surface area (Å²) in [4.78, 5) is 30.7. The van der Waals surface area contributed by atoms with E-state index in [1.807, 2.05) is 35.2 Å². The molecule has 142 valence electrons. The summed E-state index contributed by atoms with van der Waals surface area (Å²) in [6, 6.07) is 13.9. The second-order valence-corrected chi connectivity index (χ2v) is 8.24. The van der Waals surface area contributed by atoms with Crippen LogP contribution in [0.3, 0.4) is 0 Å². The Kier molecular flexibility index (Phi) is 5.43. The number of likely N-dealkylation sites (tertiary alicyclic amines) is 2. The van der Waals surface area contributed by atoms with Crippen LogP contribution >= 0.6 is 11.3 Å². The lowest BCUT2D eigenvalue weighted by atomic mass is 9.95. The van der Waals surface area contributed by atoms with Gasteiger partial charge in [-0.15, -0.1) is 11.3 Å². The van der Waals surface area contributed by atoms with Gasteiger partial charge in [0.05, 0.1) is 6.04 Å². The van der Waals surface area contributed by atoms with Gasteiger partial charge in [-0.2, -0.15) is 0 Å². The van der Waals surface area contributed by atoms with E-state index in [0.29, 0.717) is 13.1 Å². The van der Waals surface area contributed by atoms with E-state index in [1.165, 1.54) is 4.88 Å². The highest BCUT2D eigenvalue weighted by molar-refractivity contribution is 7.10. The first kappa shape index (κ1) is 18.0. The highest BCUT2D eigenvalue weighted by Crippen LogP contribution is 2.36. The van der Waals surface area contributed by atoms with Crippen molar-refractivity contribution in [2.75, 3.05) is 25.0 Å². The fourth-order valence-corrected chi connectivity index (χ4v) is 4.97. The van der Waals surface area contributed by atoms with Crippen LogP contribution < -0.4 is 5.32 Å². The third-order valence-electron chi connectivity index (χ3n) is 5.56. The smallest absolute Gasteiger partial charge is 0.321 e. The van der Waals surface area contributed by atoms with Crippen molar-refractivity contribution in [3.05, 3.63) is 52.7 Å². The number of benzene rings is 1. The molecule has 1 atom stereocenters. The van der Waals surface area contributed by atoms with Gasteiger partial charge in [0.15, 0.2) is 0 Å². The molecule has 0 unspecified atom stereocenters. The molecule has 1 aromatic carbocycles. The molecule has 0 aliphatic carbocycles. The standard InChI is InChI=1S/C21H25N3O2S/c25-20(24-12-4-8-18(24)19-9-5-15-27-19)16-10-13-23(14-11-16)21(26)22-17-6-2-1-3-7-17/h1-3,5-7,9,15-16,18H,4,8,10-14H2,(H,22,26)/t18-/m1/s1. The average molecular weight is 384 g/mol. The van der Waals surface area contributed by atoms with E-state index >= 15 is 0 Å². The van der Waals surface area contributed by atoms with Crippen LogP contribution in [0.1, 0.15) is 36.6 Å². The van der Waals surface area contributed by atoms with Crippen LogP contribution in [-0.2, 0) is 4.79 Å². The molecule has 6 heteroatoms. The normalized spacial score (nSPS) is 20.7. The summed E-state index contributed by atoms with van der Waals surface area (Å²) in [5.74, 6) is 0.306. The summed E-state index contributed by atoms with van der Waals surface area (Å²) in [5.41, 5.74) is 0.802. The lowest BCUT2D eigenvalue weighted by Gasteiger charge is -2.34. The van der Waals surface area contributed by atoms with Crippen LogP contribution in [0.15, 0.2) is 47.8 Å². The number of rotatable bonds is 3. The van der Waals surface area contributed by atoms with E-state index in [4.69, 9.17) is 0 Å². The Morgan fingerprint density at radius 1 is 0.963 bits per heavy atom. The largest absolute Gasteiger partial charge is 0.335 e. The second kappa shape index (κ2) is 8.13. The Morgan fingerprint density at radius 2 is 1.74 bits per heavy atom. The van der Waals surface area contributed by atoms with Gasteiger partial charge >= 0.3 is 6.03 Å². The first-order valence-electron chi connectivity index (χ1n) is 9.67. The van der Waals surface area contributed by atoms with Crippen molar-refractivity contribution in [3.63, 3.8) is 0 Å². The molecule has 0 saturated carbocycles. The van der Waals surface area contributed by atoms with Crippen molar-refractivity contribution >= 4 is 29.0 Å². The maximum atomic E-state index is 13.1. The fraction of sp³-hybridized carbons (Fsp3) is 0.429. The summed E-state index contributed by atoms with van der Waals surface area (Å²) in [7, 11) is 0. The molecule has 1 aromatic heterocycles. The quantitative estimate of drug-likeness (QED) is 0.856. The van der Waals surface area contributed by atoms with Gasteiger partial charge in [-0.1, -0.05) is 24.3 Å². The number of nitrogens with zero attached hydrogens (tertiary/aromatic N) is 2. The van der Waals surface area contributed by atoms with E-state index in [9.17, 15) is 9.59 Å². The Labute approximate surface area is 164 Å². The molecule has 5 nitrogen and oxygen atoms in total. The van der Waals surface area contributed by atoms with E-state index in [-0.39, 0.29) is 23.9 Å². The van der Waals surface area contributed by atoms with Crippen molar-refractivity contribution < 1.29 is 9.59 Å². The first-order valence-corrected chi connectivity index (χ1v) is 10.5. The number of nitrogens with one attached hydrogen (secondary N) is 1. The van der Waals surface area contributed by atoms with Crippen LogP contribution in [0.2, 0.25) is 0 Å². The number of carbonyl (C=O) groups is 2. The van der Waals surface area contributed by atoms with Crippen LogP contribution in [0.5, 0.6) is 0 Å². The zero-order valence-electron chi connectivity index (χ0n) is 15.3. The SMILES string of the molecule is O=C(Nc1ccccc1)N1CCC(C(=O)N2CCC[C@@H]2c2cccs2)CC1. The second-order valence-electron chi connectivity index (χ2n) is 7.26. The topological polar surface area (TPSA) is 52.7 Å². The molecule has 3 heterocycles. The molecular weight excluding hydrogens is 358 g/mol. The fourth-order valence-electron chi connectivity index (χ4n) is 4.10. The maximum Gasteiger partial charge on any atom is 0.321 e. The van der Waals surface area contributed by atoms with Gasteiger partial charge in [0.1, 0.15) is 0 Å². The van der Waals surface area contributed by atoms with Crippen molar-refractivity contribution in [1.82, 2.24) is 9.80 Å². The Bertz CT molecular complexity index is 770. The summed E-state index contributed by atoms with van der Waals surface area (Å²) < 4.78 is 0. The predicted molar refractivity (Wildman–Crippen MR) is 108 cm³/mol. The number of anilines is 1. The number of thiophene rings is 1. The van der Waals surface area contributed by atoms with E-state index in [0.717, 1.165) is 37.9 Å². The third kappa shape index (κ3) is 4.00. The average Bonchev–Trinajstić information content (AvgIpc) is 3.40. The third-order valence-corrected chi connectivity index (χ3v) is 6.54. The van der Waals surface area contributed by atoms with Gasteiger partial charge in [-0.3, -0.25) is 4.79 Å². The number of carbonyl (C=O) groups excluding carboxylic acids is 2. The van der Waals surface area contributed by atoms with Crippen molar-refractivity contribution in [3.8, 4) is 0 Å². The molecule has 3 amide bonds. The molecule has 0 spiro atoms. The highest BCUT2D eigenvalue weighted by atomic mass is 32.1. The minimum absolute atomic E-state index is 0.0336. The predicted octanol–water partition coefficient (Wildman–Crippen LogP) is 4.36. The molecule has 2 saturated heterocycles. The number of hydrogen-bond donors (Lipinski definition) is 1. The molecule has 2 aliphatic heterocycles. The van der Waals surface area contributed by atoms with Crippen molar-refractivity contribution in [2.45, 2.75) is 31.7 Å². The van der Waals surface area contributed by atoms with E-state index in [1.54, 1.807) is 11.3 Å². The summed E-state index contributed by atoms with van der Waals surface area (Å²) in [6.07, 6.45) is 3.63. The molecule has 2 aromatic rings. The summed E-state index contributed by atoms with van der Waals surface area (Å²) in [6.45, 7) is 2.12. The van der Waals surface area contributed by atoms with Gasteiger partial charge in [-0.05, 0) is 49.3 Å². The van der Waals surface area contributed by atoms with Gasteiger partial charge in [0.25, 0.3) is 0 Å². The maximum absolute atomic E-state index is 13.1. The zero-order chi connectivity index (χ0) is 18.6. The number of amides is 3. The zero-order valence-corrected chi connectivity index (χ0v) is 16.2. The van der Waals surface area contributed by atoms with E-state index in [2.05, 4.69) is 27.7 Å². The summed E-state index contributed by atoms with van der Waals surface area (Å²) >= 11 is 1.74. The Morgan fingerprint density at radius 3 is 2.44 bits per heavy atom. The van der Waals surface area contributed by atoms with E-state index < -0.39 is 0 Å². The monoisotopic (exact) mass is 383 g/mol. The molecule has 27 heavy (non-hydrogen) atoms. The lowest BCUT2D eigenvalue weighted by molar-refractivity contribution is -0.137. The van der Waals surface area contributed by atoms with Crippen molar-refractivity contribution in [1.29, 1.82) is 0 Å². The summed E-state index contributed by atoms with van der Waals surface area (Å²) in [5, 5.41) is 5.01. The molecule has 1 N–H and O–H groups in total. The minimum Gasteiger partial charge on any atom is -0.335 e. The number of piperidine rings is 1. The molecule has 2 aliphatic rings. The number of para-hydroxylation sites is 1. The van der Waals surface area contributed by atoms with Crippen LogP contribution in [-0.4, -0.2) is 41.4 Å². The molecule has 0 radical (unpaired) electrons.